The molecule has 1 aliphatic heterocycles. The summed E-state index contributed by atoms with van der Waals surface area (Å²) in [5.74, 6) is -0.341. The first-order valence-electron chi connectivity index (χ1n) is 11.8. The molecule has 0 unspecified atom stereocenters. The maximum absolute atomic E-state index is 13.8. The summed E-state index contributed by atoms with van der Waals surface area (Å²) in [6, 6.07) is 17.0. The van der Waals surface area contributed by atoms with Gasteiger partial charge in [0.25, 0.3) is 5.91 Å². The lowest BCUT2D eigenvalue weighted by atomic mass is 10.1. The molecule has 0 aliphatic carbocycles. The normalized spacial score (nSPS) is 16.2. The van der Waals surface area contributed by atoms with Gasteiger partial charge in [0.05, 0.1) is 17.9 Å². The lowest BCUT2D eigenvalue weighted by Crippen LogP contribution is -2.46. The maximum Gasteiger partial charge on any atom is 0.250 e. The van der Waals surface area contributed by atoms with Crippen molar-refractivity contribution < 1.29 is 18.7 Å². The van der Waals surface area contributed by atoms with E-state index in [0.29, 0.717) is 35.0 Å². The topological polar surface area (TPSA) is 102 Å². The number of carbonyl (C=O) groups is 2. The molecule has 1 aliphatic rings. The minimum Gasteiger partial charge on any atom is -0.467 e. The molecule has 0 spiro atoms. The highest BCUT2D eigenvalue weighted by atomic mass is 35.5. The van der Waals surface area contributed by atoms with Crippen LogP contribution < -0.4 is 5.32 Å². The Bertz CT molecular complexity index is 1330. The van der Waals surface area contributed by atoms with Crippen molar-refractivity contribution in [2.45, 2.75) is 38.1 Å². The first-order valence-corrected chi connectivity index (χ1v) is 12.2. The number of hydrogen-bond donors (Lipinski definition) is 1. The number of hydrogen-bond acceptors (Lipinski definition) is 6. The summed E-state index contributed by atoms with van der Waals surface area (Å²) in [4.78, 5) is 28.8. The van der Waals surface area contributed by atoms with E-state index in [2.05, 4.69) is 15.6 Å². The number of halogens is 1. The second-order valence-electron chi connectivity index (χ2n) is 8.65. The largest absolute Gasteiger partial charge is 0.467 e. The molecule has 4 aromatic rings. The lowest BCUT2D eigenvalue weighted by molar-refractivity contribution is -0.143. The van der Waals surface area contributed by atoms with E-state index in [4.69, 9.17) is 20.8 Å². The van der Waals surface area contributed by atoms with Gasteiger partial charge in [0.1, 0.15) is 17.8 Å². The van der Waals surface area contributed by atoms with Crippen molar-refractivity contribution in [2.24, 2.45) is 0 Å². The fourth-order valence-corrected chi connectivity index (χ4v) is 4.57. The van der Waals surface area contributed by atoms with E-state index in [1.165, 1.54) is 15.8 Å². The number of rotatable bonds is 9. The van der Waals surface area contributed by atoms with Crippen LogP contribution in [0.4, 0.5) is 0 Å². The Hall–Kier alpha value is -3.69. The smallest absolute Gasteiger partial charge is 0.250 e. The zero-order chi connectivity index (χ0) is 24.9. The van der Waals surface area contributed by atoms with Gasteiger partial charge in [-0.05, 0) is 48.7 Å². The van der Waals surface area contributed by atoms with Crippen LogP contribution >= 0.6 is 11.6 Å². The number of ether oxygens (including phenoxy) is 1. The quantitative estimate of drug-likeness (QED) is 0.370. The summed E-state index contributed by atoms with van der Waals surface area (Å²) in [5.41, 5.74) is 2.11. The number of nitrogens with one attached hydrogen (secondary N) is 1. The molecule has 0 bridgehead atoms. The van der Waals surface area contributed by atoms with Crippen LogP contribution in [0.5, 0.6) is 0 Å². The average molecular weight is 508 g/mol. The van der Waals surface area contributed by atoms with Crippen molar-refractivity contribution >= 4 is 34.4 Å². The SMILES string of the molecule is O=C(NC[C@@H]1CCCO1)[C@H](c1ccco1)N(Cc1ccccc1Cl)C(=O)Cn1nnc2ccccc21. The van der Waals surface area contributed by atoms with Crippen LogP contribution in [0.1, 0.15) is 30.2 Å². The Balaban J connectivity index is 1.47. The number of para-hydroxylation sites is 1. The van der Waals surface area contributed by atoms with Gasteiger partial charge in [-0.1, -0.05) is 47.1 Å². The molecule has 10 heteroatoms. The molecule has 0 radical (unpaired) electrons. The van der Waals surface area contributed by atoms with E-state index in [1.54, 1.807) is 18.2 Å². The van der Waals surface area contributed by atoms with E-state index in [9.17, 15) is 9.59 Å². The minimum absolute atomic E-state index is 0.0413. The van der Waals surface area contributed by atoms with Gasteiger partial charge in [-0.3, -0.25) is 9.59 Å². The Morgan fingerprint density at radius 1 is 1.14 bits per heavy atom. The molecular weight excluding hydrogens is 482 g/mol. The number of furan rings is 1. The fourth-order valence-electron chi connectivity index (χ4n) is 4.37. The standard InChI is InChI=1S/C26H26ClN5O4/c27-20-9-2-1-7-18(20)16-31(24(33)17-32-22-11-4-3-10-21(22)29-30-32)25(23-12-6-14-36-23)26(34)28-15-19-8-5-13-35-19/h1-4,6-7,9-12,14,19,25H,5,8,13,15-17H2,(H,28,34)/t19-,25-/m0/s1. The van der Waals surface area contributed by atoms with Crippen molar-refractivity contribution in [3.8, 4) is 0 Å². The Morgan fingerprint density at radius 2 is 1.97 bits per heavy atom. The van der Waals surface area contributed by atoms with Crippen molar-refractivity contribution in [1.82, 2.24) is 25.2 Å². The van der Waals surface area contributed by atoms with Gasteiger partial charge in [0.15, 0.2) is 6.04 Å². The van der Waals surface area contributed by atoms with Crippen LogP contribution in [0, 0.1) is 0 Å². The molecule has 0 saturated carbocycles. The van der Waals surface area contributed by atoms with E-state index < -0.39 is 6.04 Å². The summed E-state index contributed by atoms with van der Waals surface area (Å²) < 4.78 is 12.8. The third-order valence-electron chi connectivity index (χ3n) is 6.22. The summed E-state index contributed by atoms with van der Waals surface area (Å²) in [6.45, 7) is 1.04. The molecule has 186 valence electrons. The monoisotopic (exact) mass is 507 g/mol. The number of benzene rings is 2. The van der Waals surface area contributed by atoms with Crippen LogP contribution in [0.25, 0.3) is 11.0 Å². The number of amides is 2. The Labute approximate surface area is 213 Å². The van der Waals surface area contributed by atoms with Gasteiger partial charge in [0.2, 0.25) is 5.91 Å². The highest BCUT2D eigenvalue weighted by Crippen LogP contribution is 2.27. The molecule has 5 rings (SSSR count). The van der Waals surface area contributed by atoms with E-state index >= 15 is 0 Å². The van der Waals surface area contributed by atoms with Crippen LogP contribution in [0.2, 0.25) is 5.02 Å². The van der Waals surface area contributed by atoms with Crippen molar-refractivity contribution in [3.05, 3.63) is 83.3 Å². The number of nitrogens with zero attached hydrogens (tertiary/aromatic N) is 4. The van der Waals surface area contributed by atoms with Gasteiger partial charge < -0.3 is 19.4 Å². The zero-order valence-corrected chi connectivity index (χ0v) is 20.3. The Kier molecular flexibility index (Phi) is 7.29. The highest BCUT2D eigenvalue weighted by molar-refractivity contribution is 6.31. The van der Waals surface area contributed by atoms with Crippen LogP contribution in [-0.2, 0) is 27.4 Å². The molecule has 2 aromatic heterocycles. The first kappa shape index (κ1) is 24.0. The molecule has 2 amide bonds. The minimum atomic E-state index is -1.01. The summed E-state index contributed by atoms with van der Waals surface area (Å²) >= 11 is 6.44. The average Bonchev–Trinajstić information content (AvgIpc) is 3.67. The maximum atomic E-state index is 13.8. The number of fused-ring (bicyclic) bond motifs is 1. The molecule has 2 atom stereocenters. The molecule has 1 saturated heterocycles. The van der Waals surface area contributed by atoms with Crippen LogP contribution in [-0.4, -0.2) is 51.0 Å². The molecule has 1 fully saturated rings. The van der Waals surface area contributed by atoms with Crippen molar-refractivity contribution in [2.75, 3.05) is 13.2 Å². The molecule has 1 N–H and O–H groups in total. The van der Waals surface area contributed by atoms with Crippen molar-refractivity contribution in [1.29, 1.82) is 0 Å². The predicted molar refractivity (Wildman–Crippen MR) is 133 cm³/mol. The van der Waals surface area contributed by atoms with E-state index in [1.807, 2.05) is 42.5 Å². The van der Waals surface area contributed by atoms with Crippen molar-refractivity contribution in [3.63, 3.8) is 0 Å². The summed E-state index contributed by atoms with van der Waals surface area (Å²) in [5, 5.41) is 11.7. The molecule has 9 nitrogen and oxygen atoms in total. The Morgan fingerprint density at radius 3 is 2.75 bits per heavy atom. The summed E-state index contributed by atoms with van der Waals surface area (Å²) in [6.07, 6.45) is 3.29. The van der Waals surface area contributed by atoms with Gasteiger partial charge in [-0.2, -0.15) is 0 Å². The third-order valence-corrected chi connectivity index (χ3v) is 6.59. The van der Waals surface area contributed by atoms with Crippen LogP contribution in [0.15, 0.2) is 71.3 Å². The second kappa shape index (κ2) is 10.9. The van der Waals surface area contributed by atoms with Gasteiger partial charge in [0, 0.05) is 24.7 Å². The molecule has 3 heterocycles. The first-order chi connectivity index (χ1) is 17.6. The van der Waals surface area contributed by atoms with Crippen LogP contribution in [0.3, 0.4) is 0 Å². The van der Waals surface area contributed by atoms with E-state index in [0.717, 1.165) is 18.4 Å². The van der Waals surface area contributed by atoms with Gasteiger partial charge in [-0.25, -0.2) is 4.68 Å². The molecule has 36 heavy (non-hydrogen) atoms. The number of aromatic nitrogens is 3. The predicted octanol–water partition coefficient (Wildman–Crippen LogP) is 3.74. The second-order valence-corrected chi connectivity index (χ2v) is 9.05. The zero-order valence-electron chi connectivity index (χ0n) is 19.5. The lowest BCUT2D eigenvalue weighted by Gasteiger charge is -2.30. The summed E-state index contributed by atoms with van der Waals surface area (Å²) in [7, 11) is 0. The number of carbonyl (C=O) groups excluding carboxylic acids is 2. The fraction of sp³-hybridized carbons (Fsp3) is 0.308. The van der Waals surface area contributed by atoms with Gasteiger partial charge >= 0.3 is 0 Å². The molecular formula is C26H26ClN5O4. The highest BCUT2D eigenvalue weighted by Gasteiger charge is 2.35. The van der Waals surface area contributed by atoms with Gasteiger partial charge in [-0.15, -0.1) is 5.10 Å². The third kappa shape index (κ3) is 5.27. The molecule has 2 aromatic carbocycles. The van der Waals surface area contributed by atoms with E-state index in [-0.39, 0.29) is 31.0 Å².